The number of amides is 1. The Morgan fingerprint density at radius 2 is 1.77 bits per heavy atom. The summed E-state index contributed by atoms with van der Waals surface area (Å²) in [6.07, 6.45) is 0. The second-order valence-electron chi connectivity index (χ2n) is 8.15. The van der Waals surface area contributed by atoms with Crippen molar-refractivity contribution in [1.82, 2.24) is 9.80 Å². The van der Waals surface area contributed by atoms with Gasteiger partial charge in [0.05, 0.1) is 6.54 Å². The van der Waals surface area contributed by atoms with Crippen LogP contribution in [0, 0.1) is 19.7 Å². The highest BCUT2D eigenvalue weighted by atomic mass is 19.1. The SMILES string of the molecule is Cc1ccc2c(CN3CCN(CC(=O)Nc4ccc(F)cc4C)CC3)cc(=O)oc2c1. The molecule has 0 spiro atoms. The van der Waals surface area contributed by atoms with Gasteiger partial charge < -0.3 is 9.73 Å². The van der Waals surface area contributed by atoms with Gasteiger partial charge in [-0.1, -0.05) is 12.1 Å². The lowest BCUT2D eigenvalue weighted by Gasteiger charge is -2.34. The van der Waals surface area contributed by atoms with Crippen LogP contribution in [0.15, 0.2) is 51.7 Å². The molecule has 3 aromatic rings. The summed E-state index contributed by atoms with van der Waals surface area (Å²) in [5.74, 6) is -0.420. The Balaban J connectivity index is 1.33. The number of carbonyl (C=O) groups excluding carboxylic acids is 1. The molecule has 1 aliphatic heterocycles. The first-order chi connectivity index (χ1) is 14.9. The number of piperazine rings is 1. The Morgan fingerprint density at radius 3 is 2.52 bits per heavy atom. The van der Waals surface area contributed by atoms with E-state index in [1.165, 1.54) is 12.1 Å². The van der Waals surface area contributed by atoms with E-state index in [9.17, 15) is 14.0 Å². The number of nitrogens with zero attached hydrogens (tertiary/aromatic N) is 2. The zero-order chi connectivity index (χ0) is 22.0. The van der Waals surface area contributed by atoms with Gasteiger partial charge in [-0.2, -0.15) is 0 Å². The predicted molar refractivity (Wildman–Crippen MR) is 119 cm³/mol. The molecule has 0 unspecified atom stereocenters. The van der Waals surface area contributed by atoms with Gasteiger partial charge in [0, 0.05) is 49.9 Å². The summed E-state index contributed by atoms with van der Waals surface area (Å²) in [6.45, 7) is 7.82. The molecule has 1 saturated heterocycles. The van der Waals surface area contributed by atoms with Gasteiger partial charge in [-0.05, 0) is 54.8 Å². The van der Waals surface area contributed by atoms with E-state index in [0.717, 1.165) is 42.7 Å². The number of anilines is 1. The molecule has 1 aliphatic rings. The molecule has 0 saturated carbocycles. The molecule has 31 heavy (non-hydrogen) atoms. The topological polar surface area (TPSA) is 65.8 Å². The fourth-order valence-electron chi connectivity index (χ4n) is 3.97. The summed E-state index contributed by atoms with van der Waals surface area (Å²) in [7, 11) is 0. The monoisotopic (exact) mass is 423 g/mol. The molecule has 4 rings (SSSR count). The van der Waals surface area contributed by atoms with E-state index in [4.69, 9.17) is 4.42 Å². The minimum atomic E-state index is -0.334. The van der Waals surface area contributed by atoms with Crippen LogP contribution in [-0.2, 0) is 11.3 Å². The molecular weight excluding hydrogens is 397 g/mol. The van der Waals surface area contributed by atoms with Crippen LogP contribution in [0.4, 0.5) is 10.1 Å². The van der Waals surface area contributed by atoms with Crippen LogP contribution < -0.4 is 10.9 Å². The minimum Gasteiger partial charge on any atom is -0.423 e. The van der Waals surface area contributed by atoms with Crippen LogP contribution in [0.2, 0.25) is 0 Å². The van der Waals surface area contributed by atoms with Crippen molar-refractivity contribution in [3.63, 3.8) is 0 Å². The maximum Gasteiger partial charge on any atom is 0.336 e. The van der Waals surface area contributed by atoms with E-state index >= 15 is 0 Å². The van der Waals surface area contributed by atoms with Crippen LogP contribution in [0.1, 0.15) is 16.7 Å². The van der Waals surface area contributed by atoms with Crippen molar-refractivity contribution < 1.29 is 13.6 Å². The zero-order valence-electron chi connectivity index (χ0n) is 17.8. The lowest BCUT2D eigenvalue weighted by atomic mass is 10.1. The first-order valence-corrected chi connectivity index (χ1v) is 10.4. The first kappa shape index (κ1) is 21.2. The third kappa shape index (κ3) is 5.18. The van der Waals surface area contributed by atoms with Crippen LogP contribution in [-0.4, -0.2) is 48.4 Å². The highest BCUT2D eigenvalue weighted by molar-refractivity contribution is 5.93. The van der Waals surface area contributed by atoms with Gasteiger partial charge in [0.25, 0.3) is 0 Å². The molecule has 0 atom stereocenters. The molecule has 0 aliphatic carbocycles. The minimum absolute atomic E-state index is 0.106. The molecule has 1 amide bonds. The number of fused-ring (bicyclic) bond motifs is 1. The van der Waals surface area contributed by atoms with E-state index in [1.54, 1.807) is 19.1 Å². The Hall–Kier alpha value is -3.03. The van der Waals surface area contributed by atoms with E-state index in [0.29, 0.717) is 29.9 Å². The summed E-state index contributed by atoms with van der Waals surface area (Å²) < 4.78 is 18.6. The van der Waals surface area contributed by atoms with Gasteiger partial charge in [-0.15, -0.1) is 0 Å². The predicted octanol–water partition coefficient (Wildman–Crippen LogP) is 3.31. The molecule has 1 fully saturated rings. The summed E-state index contributed by atoms with van der Waals surface area (Å²) in [6, 6.07) is 11.8. The smallest absolute Gasteiger partial charge is 0.336 e. The standard InChI is InChI=1S/C24H26FN3O3/c1-16-3-5-20-18(13-24(30)31-22(20)11-16)14-27-7-9-28(10-8-27)15-23(29)26-21-6-4-19(25)12-17(21)2/h3-6,11-13H,7-10,14-15H2,1-2H3,(H,26,29). The van der Waals surface area contributed by atoms with E-state index in [1.807, 2.05) is 25.1 Å². The molecule has 162 valence electrons. The second-order valence-corrected chi connectivity index (χ2v) is 8.15. The second kappa shape index (κ2) is 8.99. The van der Waals surface area contributed by atoms with Gasteiger partial charge in [0.15, 0.2) is 0 Å². The lowest BCUT2D eigenvalue weighted by Crippen LogP contribution is -2.48. The molecule has 2 aromatic carbocycles. The van der Waals surface area contributed by atoms with Crippen molar-refractivity contribution in [2.24, 2.45) is 0 Å². The Bertz CT molecular complexity index is 1170. The lowest BCUT2D eigenvalue weighted by molar-refractivity contribution is -0.117. The average Bonchev–Trinajstić information content (AvgIpc) is 2.71. The molecule has 1 N–H and O–H groups in total. The van der Waals surface area contributed by atoms with Crippen molar-refractivity contribution in [2.75, 3.05) is 38.0 Å². The fourth-order valence-corrected chi connectivity index (χ4v) is 3.97. The Kier molecular flexibility index (Phi) is 6.15. The molecular formula is C24H26FN3O3. The largest absolute Gasteiger partial charge is 0.423 e. The van der Waals surface area contributed by atoms with Crippen molar-refractivity contribution in [3.05, 3.63) is 75.4 Å². The summed E-state index contributed by atoms with van der Waals surface area (Å²) in [5.41, 5.74) is 3.64. The summed E-state index contributed by atoms with van der Waals surface area (Å²) >= 11 is 0. The van der Waals surface area contributed by atoms with Gasteiger partial charge in [-0.3, -0.25) is 14.6 Å². The number of carbonyl (C=O) groups is 1. The number of benzene rings is 2. The van der Waals surface area contributed by atoms with Crippen LogP contribution in [0.3, 0.4) is 0 Å². The van der Waals surface area contributed by atoms with Gasteiger partial charge >= 0.3 is 5.63 Å². The fraction of sp³-hybridized carbons (Fsp3) is 0.333. The number of hydrogen-bond donors (Lipinski definition) is 1. The van der Waals surface area contributed by atoms with Crippen molar-refractivity contribution >= 4 is 22.6 Å². The molecule has 0 radical (unpaired) electrons. The average molecular weight is 423 g/mol. The third-order valence-electron chi connectivity index (χ3n) is 5.67. The van der Waals surface area contributed by atoms with Crippen LogP contribution in [0.5, 0.6) is 0 Å². The number of hydrogen-bond acceptors (Lipinski definition) is 5. The molecule has 6 nitrogen and oxygen atoms in total. The van der Waals surface area contributed by atoms with Crippen molar-refractivity contribution in [3.8, 4) is 0 Å². The Labute approximate surface area is 180 Å². The normalized spacial score (nSPS) is 15.3. The maximum atomic E-state index is 13.2. The van der Waals surface area contributed by atoms with Gasteiger partial charge in [-0.25, -0.2) is 9.18 Å². The van der Waals surface area contributed by atoms with Gasteiger partial charge in [0.1, 0.15) is 11.4 Å². The summed E-state index contributed by atoms with van der Waals surface area (Å²) in [4.78, 5) is 28.7. The number of aryl methyl sites for hydroxylation is 2. The van der Waals surface area contributed by atoms with E-state index < -0.39 is 0 Å². The third-order valence-corrected chi connectivity index (χ3v) is 5.67. The van der Waals surface area contributed by atoms with Gasteiger partial charge in [0.2, 0.25) is 5.91 Å². The highest BCUT2D eigenvalue weighted by Crippen LogP contribution is 2.21. The molecule has 1 aromatic heterocycles. The van der Waals surface area contributed by atoms with Crippen LogP contribution in [0.25, 0.3) is 11.0 Å². The van der Waals surface area contributed by atoms with Crippen LogP contribution >= 0.6 is 0 Å². The maximum absolute atomic E-state index is 13.2. The Morgan fingerprint density at radius 1 is 1.03 bits per heavy atom. The van der Waals surface area contributed by atoms with Crippen molar-refractivity contribution in [1.29, 1.82) is 0 Å². The number of halogens is 1. The van der Waals surface area contributed by atoms with E-state index in [-0.39, 0.29) is 17.3 Å². The van der Waals surface area contributed by atoms with Crippen molar-refractivity contribution in [2.45, 2.75) is 20.4 Å². The highest BCUT2D eigenvalue weighted by Gasteiger charge is 2.20. The zero-order valence-corrected chi connectivity index (χ0v) is 17.8. The number of nitrogens with one attached hydrogen (secondary N) is 1. The molecule has 2 heterocycles. The number of rotatable bonds is 5. The summed E-state index contributed by atoms with van der Waals surface area (Å²) in [5, 5.41) is 3.82. The quantitative estimate of drug-likeness (QED) is 0.638. The first-order valence-electron chi connectivity index (χ1n) is 10.4. The molecule has 0 bridgehead atoms. The molecule has 7 heteroatoms. The van der Waals surface area contributed by atoms with E-state index in [2.05, 4.69) is 15.1 Å².